The maximum atomic E-state index is 15.0. The molecule has 3 aromatic rings. The summed E-state index contributed by atoms with van der Waals surface area (Å²) in [6.07, 6.45) is 2.92. The van der Waals surface area contributed by atoms with Crippen LogP contribution in [0.2, 0.25) is 0 Å². The number of rotatable bonds is 4. The van der Waals surface area contributed by atoms with Crippen molar-refractivity contribution in [1.29, 1.82) is 0 Å². The van der Waals surface area contributed by atoms with Crippen molar-refractivity contribution in [3.05, 3.63) is 74.7 Å². The molecule has 0 aliphatic carbocycles. The van der Waals surface area contributed by atoms with Gasteiger partial charge in [-0.25, -0.2) is 14.4 Å². The molecule has 0 spiro atoms. The summed E-state index contributed by atoms with van der Waals surface area (Å²) in [4.78, 5) is 36.9. The number of nitrogens with zero attached hydrogens (tertiary/aromatic N) is 3. The Kier molecular flexibility index (Phi) is 5.65. The van der Waals surface area contributed by atoms with E-state index in [9.17, 15) is 14.0 Å². The first-order chi connectivity index (χ1) is 14.9. The van der Waals surface area contributed by atoms with Crippen molar-refractivity contribution in [3.63, 3.8) is 0 Å². The zero-order valence-electron chi connectivity index (χ0n) is 17.8. The molecule has 2 N–H and O–H groups in total. The average molecular weight is 421 g/mol. The molecule has 3 heterocycles. The summed E-state index contributed by atoms with van der Waals surface area (Å²) in [5.74, 6) is -0.635. The van der Waals surface area contributed by atoms with E-state index in [0.717, 1.165) is 24.2 Å². The summed E-state index contributed by atoms with van der Waals surface area (Å²) in [6.45, 7) is 5.38. The molecule has 0 fully saturated rings. The van der Waals surface area contributed by atoms with Crippen LogP contribution in [0.25, 0.3) is 16.6 Å². The number of aryl methyl sites for hydroxylation is 2. The van der Waals surface area contributed by atoms with E-state index in [1.165, 1.54) is 5.57 Å². The van der Waals surface area contributed by atoms with Gasteiger partial charge in [0.05, 0.1) is 5.52 Å². The second kappa shape index (κ2) is 8.39. The molecule has 160 valence electrons. The van der Waals surface area contributed by atoms with Crippen molar-refractivity contribution in [3.8, 4) is 0 Å². The minimum Gasteiger partial charge on any atom is -0.354 e. The highest BCUT2D eigenvalue weighted by Crippen LogP contribution is 2.26. The summed E-state index contributed by atoms with van der Waals surface area (Å²) in [5.41, 5.74) is 4.49. The maximum absolute atomic E-state index is 15.0. The number of halogens is 1. The summed E-state index contributed by atoms with van der Waals surface area (Å²) >= 11 is 0. The predicted octanol–water partition coefficient (Wildman–Crippen LogP) is 2.72. The topological polar surface area (TPSA) is 91.0 Å². The van der Waals surface area contributed by atoms with E-state index in [1.54, 1.807) is 32.2 Å². The lowest BCUT2D eigenvalue weighted by molar-refractivity contribution is 0.0958. The zero-order chi connectivity index (χ0) is 22.1. The van der Waals surface area contributed by atoms with Gasteiger partial charge in [-0.05, 0) is 43.5 Å². The summed E-state index contributed by atoms with van der Waals surface area (Å²) in [5, 5.41) is 2.58. The highest BCUT2D eigenvalue weighted by atomic mass is 19.1. The fourth-order valence-corrected chi connectivity index (χ4v) is 3.87. The number of pyridine rings is 1. The van der Waals surface area contributed by atoms with Crippen LogP contribution < -0.4 is 10.9 Å². The fraction of sp³-hybridized carbons (Fsp3) is 0.304. The molecule has 0 unspecified atom stereocenters. The van der Waals surface area contributed by atoms with Crippen LogP contribution in [0.15, 0.2) is 35.1 Å². The number of aromatic amines is 1. The molecule has 0 bridgehead atoms. The average Bonchev–Trinajstić information content (AvgIpc) is 2.77. The number of carbonyl (C=O) groups excluding carboxylic acids is 1. The van der Waals surface area contributed by atoms with E-state index in [-0.39, 0.29) is 17.0 Å². The summed E-state index contributed by atoms with van der Waals surface area (Å²) < 4.78 is 15.0. The largest absolute Gasteiger partial charge is 0.354 e. The molecule has 2 aromatic heterocycles. The van der Waals surface area contributed by atoms with Gasteiger partial charge in [0.15, 0.2) is 5.82 Å². The molecule has 1 aliphatic rings. The molecule has 4 rings (SSSR count). The van der Waals surface area contributed by atoms with Crippen LogP contribution in [0.3, 0.4) is 0 Å². The molecule has 1 aromatic carbocycles. The monoisotopic (exact) mass is 421 g/mol. The third kappa shape index (κ3) is 4.11. The molecule has 1 aliphatic heterocycles. The molecule has 0 saturated carbocycles. The third-order valence-corrected chi connectivity index (χ3v) is 5.63. The minimum absolute atomic E-state index is 0.152. The smallest absolute Gasteiger partial charge is 0.269 e. The Labute approximate surface area is 179 Å². The predicted molar refractivity (Wildman–Crippen MR) is 117 cm³/mol. The van der Waals surface area contributed by atoms with E-state index in [1.807, 2.05) is 13.0 Å². The normalized spacial score (nSPS) is 14.5. The van der Waals surface area contributed by atoms with Gasteiger partial charge >= 0.3 is 0 Å². The van der Waals surface area contributed by atoms with Crippen LogP contribution in [0, 0.1) is 19.7 Å². The highest BCUT2D eigenvalue weighted by Gasteiger charge is 2.18. The van der Waals surface area contributed by atoms with E-state index in [2.05, 4.69) is 31.2 Å². The first-order valence-corrected chi connectivity index (χ1v) is 10.2. The van der Waals surface area contributed by atoms with Crippen LogP contribution in [-0.4, -0.2) is 45.9 Å². The van der Waals surface area contributed by atoms with Gasteiger partial charge in [0.2, 0.25) is 0 Å². The van der Waals surface area contributed by atoms with Crippen LogP contribution in [-0.2, 0) is 6.54 Å². The molecule has 31 heavy (non-hydrogen) atoms. The van der Waals surface area contributed by atoms with Gasteiger partial charge in [0, 0.05) is 37.9 Å². The fourth-order valence-electron chi connectivity index (χ4n) is 3.87. The Morgan fingerprint density at radius 3 is 2.68 bits per heavy atom. The van der Waals surface area contributed by atoms with E-state index in [0.29, 0.717) is 35.6 Å². The molecule has 7 nitrogen and oxygen atoms in total. The lowest BCUT2D eigenvalue weighted by Gasteiger charge is -2.27. The van der Waals surface area contributed by atoms with Crippen molar-refractivity contribution >= 4 is 22.5 Å². The number of benzene rings is 1. The summed E-state index contributed by atoms with van der Waals surface area (Å²) in [7, 11) is 1.58. The Balaban J connectivity index is 1.51. The van der Waals surface area contributed by atoms with Gasteiger partial charge < -0.3 is 10.3 Å². The van der Waals surface area contributed by atoms with Gasteiger partial charge in [0.1, 0.15) is 16.9 Å². The number of amides is 1. The van der Waals surface area contributed by atoms with Crippen LogP contribution >= 0.6 is 0 Å². The molecular weight excluding hydrogens is 397 g/mol. The second-order valence-corrected chi connectivity index (χ2v) is 7.71. The van der Waals surface area contributed by atoms with Crippen molar-refractivity contribution in [2.24, 2.45) is 0 Å². The lowest BCUT2D eigenvalue weighted by Crippen LogP contribution is -2.28. The first-order valence-electron chi connectivity index (χ1n) is 10.2. The van der Waals surface area contributed by atoms with Crippen molar-refractivity contribution in [2.75, 3.05) is 20.1 Å². The Hall–Kier alpha value is -3.39. The van der Waals surface area contributed by atoms with Gasteiger partial charge in [0.25, 0.3) is 11.5 Å². The lowest BCUT2D eigenvalue weighted by atomic mass is 9.97. The Morgan fingerprint density at radius 2 is 2.00 bits per heavy atom. The minimum atomic E-state index is -0.429. The Morgan fingerprint density at radius 1 is 1.19 bits per heavy atom. The molecular formula is C23H24FN5O2. The third-order valence-electron chi connectivity index (χ3n) is 5.63. The van der Waals surface area contributed by atoms with Crippen LogP contribution in [0.1, 0.15) is 39.4 Å². The molecule has 8 heteroatoms. The number of carbonyl (C=O) groups is 1. The quantitative estimate of drug-likeness (QED) is 0.676. The molecule has 1 amide bonds. The van der Waals surface area contributed by atoms with Gasteiger partial charge in [-0.1, -0.05) is 18.2 Å². The first kappa shape index (κ1) is 20.9. The second-order valence-electron chi connectivity index (χ2n) is 7.71. The number of nitrogens with one attached hydrogen (secondary N) is 2. The van der Waals surface area contributed by atoms with Crippen LogP contribution in [0.4, 0.5) is 4.39 Å². The van der Waals surface area contributed by atoms with Crippen molar-refractivity contribution < 1.29 is 9.18 Å². The standard InChI is InChI=1S/C23H24FN5O2/c1-13-17(5-7-19(26-13)23(31)25-3)15-8-10-29(11-9-15)12-16-4-6-18-21(20(16)24)28-22(30)14(2)27-18/h4-8H,9-12H2,1-3H3,(H,25,31)(H,28,30). The van der Waals surface area contributed by atoms with E-state index in [4.69, 9.17) is 0 Å². The highest BCUT2D eigenvalue weighted by molar-refractivity contribution is 5.92. The number of hydrogen-bond donors (Lipinski definition) is 2. The SMILES string of the molecule is CNC(=O)c1ccc(C2=CCN(Cc3ccc4nc(C)c(=O)[nH]c4c3F)CC2)c(C)n1. The maximum Gasteiger partial charge on any atom is 0.269 e. The van der Waals surface area contributed by atoms with Crippen molar-refractivity contribution in [2.45, 2.75) is 26.8 Å². The number of aromatic nitrogens is 3. The molecule has 0 atom stereocenters. The van der Waals surface area contributed by atoms with Crippen molar-refractivity contribution in [1.82, 2.24) is 25.2 Å². The number of hydrogen-bond acceptors (Lipinski definition) is 5. The number of H-pyrrole nitrogens is 1. The molecule has 0 radical (unpaired) electrons. The van der Waals surface area contributed by atoms with Gasteiger partial charge in [-0.15, -0.1) is 0 Å². The van der Waals surface area contributed by atoms with Crippen LogP contribution in [0.5, 0.6) is 0 Å². The van der Waals surface area contributed by atoms with E-state index < -0.39 is 5.82 Å². The van der Waals surface area contributed by atoms with E-state index >= 15 is 0 Å². The molecule has 0 saturated heterocycles. The van der Waals surface area contributed by atoms with Gasteiger partial charge in [-0.2, -0.15) is 0 Å². The number of fused-ring (bicyclic) bond motifs is 1. The van der Waals surface area contributed by atoms with Gasteiger partial charge in [-0.3, -0.25) is 14.5 Å². The Bertz CT molecular complexity index is 1260. The zero-order valence-corrected chi connectivity index (χ0v) is 17.8. The summed E-state index contributed by atoms with van der Waals surface area (Å²) in [6, 6.07) is 7.14.